The van der Waals surface area contributed by atoms with Gasteiger partial charge in [0.25, 0.3) is 5.91 Å². The molecule has 0 heterocycles. The van der Waals surface area contributed by atoms with Crippen molar-refractivity contribution in [2.45, 2.75) is 38.0 Å². The molecule has 6 nitrogen and oxygen atoms in total. The largest absolute Gasteiger partial charge is 0.374 e. The summed E-state index contributed by atoms with van der Waals surface area (Å²) >= 11 is 6.13. The summed E-state index contributed by atoms with van der Waals surface area (Å²) in [6, 6.07) is 11.7. The summed E-state index contributed by atoms with van der Waals surface area (Å²) in [6.45, 7) is 4.64. The molecule has 0 aliphatic rings. The van der Waals surface area contributed by atoms with Gasteiger partial charge in [0.15, 0.2) is 0 Å². The number of hydrogen-bond acceptors (Lipinski definition) is 4. The van der Waals surface area contributed by atoms with Crippen LogP contribution in [0.15, 0.2) is 47.4 Å². The Balaban J connectivity index is 2.19. The van der Waals surface area contributed by atoms with Crippen molar-refractivity contribution in [2.24, 2.45) is 0 Å². The number of sulfonamides is 1. The van der Waals surface area contributed by atoms with E-state index in [-0.39, 0.29) is 28.1 Å². The van der Waals surface area contributed by atoms with E-state index in [0.29, 0.717) is 6.61 Å². The molecule has 152 valence electrons. The van der Waals surface area contributed by atoms with Gasteiger partial charge in [-0.3, -0.25) is 4.79 Å². The quantitative estimate of drug-likeness (QED) is 0.704. The van der Waals surface area contributed by atoms with Gasteiger partial charge in [0.1, 0.15) is 0 Å². The van der Waals surface area contributed by atoms with Crippen LogP contribution in [0.1, 0.15) is 35.3 Å². The first kappa shape index (κ1) is 22.4. The van der Waals surface area contributed by atoms with E-state index in [1.165, 1.54) is 32.3 Å². The highest BCUT2D eigenvalue weighted by molar-refractivity contribution is 7.89. The van der Waals surface area contributed by atoms with Crippen LogP contribution in [0, 0.1) is 0 Å². The van der Waals surface area contributed by atoms with Crippen LogP contribution in [0.5, 0.6) is 0 Å². The van der Waals surface area contributed by atoms with Crippen molar-refractivity contribution in [3.8, 4) is 0 Å². The molecule has 28 heavy (non-hydrogen) atoms. The molecule has 0 aliphatic carbocycles. The van der Waals surface area contributed by atoms with Crippen LogP contribution in [-0.2, 0) is 27.9 Å². The SMILES string of the molecule is CC(C)OCc1ccccc1CNC(=O)c1cc(S(=O)(=O)N(C)C)ccc1Cl. The van der Waals surface area contributed by atoms with Crippen molar-refractivity contribution in [1.29, 1.82) is 0 Å². The summed E-state index contributed by atoms with van der Waals surface area (Å²) in [5.74, 6) is -0.444. The lowest BCUT2D eigenvalue weighted by molar-refractivity contribution is 0.0651. The fraction of sp³-hybridized carbons (Fsp3) is 0.350. The fourth-order valence-corrected chi connectivity index (χ4v) is 3.58. The van der Waals surface area contributed by atoms with E-state index in [9.17, 15) is 13.2 Å². The van der Waals surface area contributed by atoms with E-state index in [4.69, 9.17) is 16.3 Å². The van der Waals surface area contributed by atoms with Crippen LogP contribution in [0.4, 0.5) is 0 Å². The van der Waals surface area contributed by atoms with Crippen molar-refractivity contribution in [1.82, 2.24) is 9.62 Å². The normalized spacial score (nSPS) is 11.8. The minimum Gasteiger partial charge on any atom is -0.374 e. The lowest BCUT2D eigenvalue weighted by Crippen LogP contribution is -2.25. The van der Waals surface area contributed by atoms with E-state index in [2.05, 4.69) is 5.32 Å². The smallest absolute Gasteiger partial charge is 0.253 e. The molecular formula is C20H25ClN2O4S. The Bertz CT molecular complexity index is 943. The molecule has 1 N–H and O–H groups in total. The van der Waals surface area contributed by atoms with Gasteiger partial charge in [-0.05, 0) is 43.2 Å². The van der Waals surface area contributed by atoms with E-state index in [0.717, 1.165) is 15.4 Å². The zero-order chi connectivity index (χ0) is 20.9. The lowest BCUT2D eigenvalue weighted by atomic mass is 10.1. The van der Waals surface area contributed by atoms with Gasteiger partial charge >= 0.3 is 0 Å². The maximum absolute atomic E-state index is 12.6. The van der Waals surface area contributed by atoms with Gasteiger partial charge in [0, 0.05) is 20.6 Å². The maximum atomic E-state index is 12.6. The highest BCUT2D eigenvalue weighted by atomic mass is 35.5. The summed E-state index contributed by atoms with van der Waals surface area (Å²) in [7, 11) is -0.800. The number of benzene rings is 2. The first-order chi connectivity index (χ1) is 13.1. The van der Waals surface area contributed by atoms with Gasteiger partial charge in [-0.25, -0.2) is 12.7 Å². The predicted molar refractivity (Wildman–Crippen MR) is 110 cm³/mol. The maximum Gasteiger partial charge on any atom is 0.253 e. The molecule has 0 bridgehead atoms. The highest BCUT2D eigenvalue weighted by Gasteiger charge is 2.20. The average Bonchev–Trinajstić information content (AvgIpc) is 2.65. The van der Waals surface area contributed by atoms with Gasteiger partial charge in [-0.1, -0.05) is 35.9 Å². The number of amides is 1. The number of rotatable bonds is 8. The number of nitrogens with one attached hydrogen (secondary N) is 1. The van der Waals surface area contributed by atoms with E-state index in [1.807, 2.05) is 38.1 Å². The molecule has 0 unspecified atom stereocenters. The number of halogens is 1. The summed E-state index contributed by atoms with van der Waals surface area (Å²) in [6.07, 6.45) is 0.0999. The summed E-state index contributed by atoms with van der Waals surface area (Å²) < 4.78 is 31.3. The Morgan fingerprint density at radius 2 is 1.79 bits per heavy atom. The number of ether oxygens (including phenoxy) is 1. The third kappa shape index (κ3) is 5.54. The monoisotopic (exact) mass is 424 g/mol. The van der Waals surface area contributed by atoms with E-state index < -0.39 is 15.9 Å². The van der Waals surface area contributed by atoms with Gasteiger partial charge in [0.2, 0.25) is 10.0 Å². The fourth-order valence-electron chi connectivity index (χ4n) is 2.45. The van der Waals surface area contributed by atoms with Crippen molar-refractivity contribution < 1.29 is 17.9 Å². The third-order valence-corrected chi connectivity index (χ3v) is 6.23. The standard InChI is InChI=1S/C20H25ClN2O4S/c1-14(2)27-13-16-8-6-5-7-15(16)12-22-20(24)18-11-17(9-10-19(18)21)28(25,26)23(3)4/h5-11,14H,12-13H2,1-4H3,(H,22,24). The number of nitrogens with zero attached hydrogens (tertiary/aromatic N) is 1. The number of carbonyl (C=O) groups excluding carboxylic acids is 1. The highest BCUT2D eigenvalue weighted by Crippen LogP contribution is 2.22. The molecule has 2 aromatic rings. The average molecular weight is 425 g/mol. The van der Waals surface area contributed by atoms with Crippen molar-refractivity contribution >= 4 is 27.5 Å². The molecule has 0 atom stereocenters. The Hall–Kier alpha value is -1.93. The molecule has 1 amide bonds. The van der Waals surface area contributed by atoms with Crippen LogP contribution >= 0.6 is 11.6 Å². The van der Waals surface area contributed by atoms with Crippen molar-refractivity contribution in [3.05, 3.63) is 64.2 Å². The van der Waals surface area contributed by atoms with Gasteiger partial charge in [0.05, 0.1) is 28.2 Å². The predicted octanol–water partition coefficient (Wildman–Crippen LogP) is 3.45. The molecule has 8 heteroatoms. The first-order valence-corrected chi connectivity index (χ1v) is 10.6. The molecule has 2 aromatic carbocycles. The molecule has 2 rings (SSSR count). The molecule has 0 saturated carbocycles. The Kier molecular flexibility index (Phi) is 7.60. The van der Waals surface area contributed by atoms with Crippen LogP contribution in [-0.4, -0.2) is 38.8 Å². The second-order valence-electron chi connectivity index (χ2n) is 6.74. The molecule has 0 fully saturated rings. The molecular weight excluding hydrogens is 400 g/mol. The van der Waals surface area contributed by atoms with Gasteiger partial charge in [-0.2, -0.15) is 0 Å². The Morgan fingerprint density at radius 1 is 1.14 bits per heavy atom. The topological polar surface area (TPSA) is 75.7 Å². The number of carbonyl (C=O) groups is 1. The second kappa shape index (κ2) is 9.52. The third-order valence-electron chi connectivity index (χ3n) is 4.09. The van der Waals surface area contributed by atoms with Crippen molar-refractivity contribution in [3.63, 3.8) is 0 Å². The summed E-state index contributed by atoms with van der Waals surface area (Å²) in [4.78, 5) is 12.6. The van der Waals surface area contributed by atoms with E-state index >= 15 is 0 Å². The first-order valence-electron chi connectivity index (χ1n) is 8.81. The molecule has 0 aromatic heterocycles. The molecule has 0 radical (unpaired) electrons. The van der Waals surface area contributed by atoms with Crippen LogP contribution in [0.25, 0.3) is 0 Å². The molecule has 0 aliphatic heterocycles. The summed E-state index contributed by atoms with van der Waals surface area (Å²) in [5, 5.41) is 2.99. The van der Waals surface area contributed by atoms with Crippen LogP contribution < -0.4 is 5.32 Å². The minimum absolute atomic E-state index is 0.0118. The zero-order valence-electron chi connectivity index (χ0n) is 16.4. The van der Waals surface area contributed by atoms with E-state index in [1.54, 1.807) is 0 Å². The van der Waals surface area contributed by atoms with Crippen LogP contribution in [0.2, 0.25) is 5.02 Å². The molecule has 0 spiro atoms. The van der Waals surface area contributed by atoms with Crippen LogP contribution in [0.3, 0.4) is 0 Å². The molecule has 0 saturated heterocycles. The summed E-state index contributed by atoms with van der Waals surface area (Å²) in [5.41, 5.74) is 2.01. The van der Waals surface area contributed by atoms with Gasteiger partial charge < -0.3 is 10.1 Å². The Labute approximate surface area is 171 Å². The second-order valence-corrected chi connectivity index (χ2v) is 9.30. The van der Waals surface area contributed by atoms with Crippen molar-refractivity contribution in [2.75, 3.05) is 14.1 Å². The van der Waals surface area contributed by atoms with Gasteiger partial charge in [-0.15, -0.1) is 0 Å². The Morgan fingerprint density at radius 3 is 2.39 bits per heavy atom. The lowest BCUT2D eigenvalue weighted by Gasteiger charge is -2.15. The minimum atomic E-state index is -3.66. The zero-order valence-corrected chi connectivity index (χ0v) is 18.0. The number of hydrogen-bond donors (Lipinski definition) is 1.